The molecule has 0 N–H and O–H groups in total. The van der Waals surface area contributed by atoms with E-state index in [0.717, 1.165) is 11.1 Å². The first-order valence-corrected chi connectivity index (χ1v) is 6.80. The van der Waals surface area contributed by atoms with Gasteiger partial charge >= 0.3 is 0 Å². The molecule has 0 aliphatic carbocycles. The van der Waals surface area contributed by atoms with Crippen molar-refractivity contribution in [3.63, 3.8) is 0 Å². The van der Waals surface area contributed by atoms with Crippen molar-refractivity contribution in [2.75, 3.05) is 0 Å². The summed E-state index contributed by atoms with van der Waals surface area (Å²) >= 11 is 0. The normalized spacial score (nSPS) is 10.8. The Kier molecular flexibility index (Phi) is 3.18. The minimum absolute atomic E-state index is 0.0520. The molecule has 0 unspecified atom stereocenters. The Morgan fingerprint density at radius 3 is 2.48 bits per heavy atom. The van der Waals surface area contributed by atoms with Gasteiger partial charge in [0.25, 0.3) is 5.56 Å². The summed E-state index contributed by atoms with van der Waals surface area (Å²) in [5.74, 6) is 0.600. The summed E-state index contributed by atoms with van der Waals surface area (Å²) in [6, 6.07) is 15.4. The maximum absolute atomic E-state index is 12.4. The second kappa shape index (κ2) is 5.02. The van der Waals surface area contributed by atoms with E-state index in [1.54, 1.807) is 17.7 Å². The highest BCUT2D eigenvalue weighted by Crippen LogP contribution is 2.20. The number of fused-ring (bicyclic) bond motifs is 1. The molecular weight excluding hydrogens is 260 g/mol. The molecule has 0 aliphatic rings. The van der Waals surface area contributed by atoms with Gasteiger partial charge in [0.1, 0.15) is 5.82 Å². The molecule has 0 saturated heterocycles. The molecule has 21 heavy (non-hydrogen) atoms. The van der Waals surface area contributed by atoms with Crippen molar-refractivity contribution < 1.29 is 0 Å². The van der Waals surface area contributed by atoms with Crippen molar-refractivity contribution in [1.82, 2.24) is 9.55 Å². The molecule has 1 aromatic heterocycles. The van der Waals surface area contributed by atoms with Gasteiger partial charge in [-0.2, -0.15) is 0 Å². The first-order chi connectivity index (χ1) is 10.1. The molecule has 0 saturated carbocycles. The number of benzene rings is 2. The average Bonchev–Trinajstić information content (AvgIpc) is 2.51. The van der Waals surface area contributed by atoms with Crippen LogP contribution in [0.2, 0.25) is 0 Å². The Balaban J connectivity index is 2.20. The summed E-state index contributed by atoms with van der Waals surface area (Å²) < 4.78 is 1.56. The topological polar surface area (TPSA) is 34.9 Å². The Labute approximate surface area is 123 Å². The number of hydrogen-bond acceptors (Lipinski definition) is 2. The quantitative estimate of drug-likeness (QED) is 0.720. The van der Waals surface area contributed by atoms with E-state index >= 15 is 0 Å². The second-order valence-corrected chi connectivity index (χ2v) is 5.16. The molecular formula is C18H16N2O. The fraction of sp³-hybridized carbons (Fsp3) is 0.111. The highest BCUT2D eigenvalue weighted by Gasteiger charge is 2.11. The van der Waals surface area contributed by atoms with Crippen LogP contribution in [0.1, 0.15) is 17.0 Å². The van der Waals surface area contributed by atoms with Crippen LogP contribution in [0, 0.1) is 6.92 Å². The number of rotatable bonds is 2. The van der Waals surface area contributed by atoms with Crippen molar-refractivity contribution in [2.45, 2.75) is 6.92 Å². The van der Waals surface area contributed by atoms with E-state index in [2.05, 4.69) is 11.6 Å². The van der Waals surface area contributed by atoms with Crippen LogP contribution < -0.4 is 5.56 Å². The van der Waals surface area contributed by atoms with Gasteiger partial charge in [-0.25, -0.2) is 4.98 Å². The third kappa shape index (κ3) is 2.27. The van der Waals surface area contributed by atoms with Gasteiger partial charge in [-0.1, -0.05) is 48.5 Å². The fourth-order valence-corrected chi connectivity index (χ4v) is 2.37. The molecule has 3 nitrogen and oxygen atoms in total. The molecule has 1 heterocycles. The summed E-state index contributed by atoms with van der Waals surface area (Å²) in [5, 5.41) is 0.625. The highest BCUT2D eigenvalue weighted by molar-refractivity contribution is 5.81. The van der Waals surface area contributed by atoms with Crippen LogP contribution in [0.15, 0.2) is 59.9 Å². The van der Waals surface area contributed by atoms with Crippen LogP contribution in [0.5, 0.6) is 0 Å². The maximum Gasteiger partial charge on any atom is 0.261 e. The first-order valence-electron chi connectivity index (χ1n) is 6.80. The lowest BCUT2D eigenvalue weighted by Crippen LogP contribution is -2.22. The third-order valence-corrected chi connectivity index (χ3v) is 3.65. The molecule has 2 aromatic carbocycles. The fourth-order valence-electron chi connectivity index (χ4n) is 2.37. The standard InChI is InChI=1S/C18H16N2O/c1-12-8-10-14(11-9-12)13(2)17-19-16-7-5-4-6-15(16)18(21)20(17)3/h4-11H,2H2,1,3H3. The van der Waals surface area contributed by atoms with Gasteiger partial charge in [0.2, 0.25) is 0 Å². The van der Waals surface area contributed by atoms with E-state index in [9.17, 15) is 4.79 Å². The van der Waals surface area contributed by atoms with Gasteiger partial charge < -0.3 is 0 Å². The Morgan fingerprint density at radius 1 is 1.10 bits per heavy atom. The molecule has 0 amide bonds. The van der Waals surface area contributed by atoms with Crippen LogP contribution in [-0.2, 0) is 7.05 Å². The zero-order valence-corrected chi connectivity index (χ0v) is 12.1. The largest absolute Gasteiger partial charge is 0.295 e. The van der Waals surface area contributed by atoms with Gasteiger partial charge in [0, 0.05) is 12.6 Å². The predicted molar refractivity (Wildman–Crippen MR) is 86.3 cm³/mol. The van der Waals surface area contributed by atoms with Crippen LogP contribution >= 0.6 is 0 Å². The minimum Gasteiger partial charge on any atom is -0.295 e. The zero-order valence-electron chi connectivity index (χ0n) is 12.1. The van der Waals surface area contributed by atoms with Crippen LogP contribution in [0.25, 0.3) is 16.5 Å². The SMILES string of the molecule is C=C(c1ccc(C)cc1)c1nc2ccccc2c(=O)n1C. The van der Waals surface area contributed by atoms with E-state index in [1.165, 1.54) is 5.56 Å². The highest BCUT2D eigenvalue weighted by atomic mass is 16.1. The Bertz CT molecular complexity index is 889. The lowest BCUT2D eigenvalue weighted by atomic mass is 10.0. The van der Waals surface area contributed by atoms with Crippen molar-refractivity contribution in [3.8, 4) is 0 Å². The minimum atomic E-state index is -0.0520. The number of para-hydroxylation sites is 1. The molecule has 0 bridgehead atoms. The molecule has 0 aliphatic heterocycles. The van der Waals surface area contributed by atoms with Gasteiger partial charge in [0.15, 0.2) is 0 Å². The predicted octanol–water partition coefficient (Wildman–Crippen LogP) is 3.30. The van der Waals surface area contributed by atoms with E-state index in [-0.39, 0.29) is 5.56 Å². The van der Waals surface area contributed by atoms with Crippen LogP contribution in [0.4, 0.5) is 0 Å². The number of aromatic nitrogens is 2. The number of nitrogens with zero attached hydrogens (tertiary/aromatic N) is 2. The summed E-state index contributed by atoms with van der Waals surface area (Å²) in [5.41, 5.74) is 3.55. The first kappa shape index (κ1) is 13.3. The summed E-state index contributed by atoms with van der Waals surface area (Å²) in [4.78, 5) is 17.0. The molecule has 3 rings (SSSR count). The molecule has 0 fully saturated rings. The van der Waals surface area contributed by atoms with E-state index < -0.39 is 0 Å². The number of aryl methyl sites for hydroxylation is 1. The lowest BCUT2D eigenvalue weighted by Gasteiger charge is -2.12. The second-order valence-electron chi connectivity index (χ2n) is 5.16. The Morgan fingerprint density at radius 2 is 1.76 bits per heavy atom. The van der Waals surface area contributed by atoms with E-state index in [4.69, 9.17) is 0 Å². The molecule has 104 valence electrons. The molecule has 0 spiro atoms. The molecule has 3 aromatic rings. The van der Waals surface area contributed by atoms with Gasteiger partial charge in [-0.3, -0.25) is 9.36 Å². The van der Waals surface area contributed by atoms with Crippen molar-refractivity contribution in [1.29, 1.82) is 0 Å². The third-order valence-electron chi connectivity index (χ3n) is 3.65. The van der Waals surface area contributed by atoms with Gasteiger partial charge in [0.05, 0.1) is 10.9 Å². The monoisotopic (exact) mass is 276 g/mol. The maximum atomic E-state index is 12.4. The van der Waals surface area contributed by atoms with Crippen molar-refractivity contribution >= 4 is 16.5 Å². The van der Waals surface area contributed by atoms with Crippen molar-refractivity contribution in [3.05, 3.63) is 82.4 Å². The number of hydrogen-bond donors (Lipinski definition) is 0. The van der Waals surface area contributed by atoms with Gasteiger partial charge in [-0.15, -0.1) is 0 Å². The van der Waals surface area contributed by atoms with Crippen LogP contribution in [-0.4, -0.2) is 9.55 Å². The molecule has 0 radical (unpaired) electrons. The van der Waals surface area contributed by atoms with Gasteiger partial charge in [-0.05, 0) is 24.6 Å². The molecule has 3 heteroatoms. The summed E-state index contributed by atoms with van der Waals surface area (Å²) in [7, 11) is 1.73. The molecule has 0 atom stereocenters. The Hall–Kier alpha value is -2.68. The summed E-state index contributed by atoms with van der Waals surface area (Å²) in [6.07, 6.45) is 0. The van der Waals surface area contributed by atoms with E-state index in [1.807, 2.05) is 49.4 Å². The van der Waals surface area contributed by atoms with E-state index in [0.29, 0.717) is 16.7 Å². The van der Waals surface area contributed by atoms with Crippen LogP contribution in [0.3, 0.4) is 0 Å². The average molecular weight is 276 g/mol. The lowest BCUT2D eigenvalue weighted by molar-refractivity contribution is 0.822. The zero-order chi connectivity index (χ0) is 15.0. The summed E-state index contributed by atoms with van der Waals surface area (Å²) in [6.45, 7) is 6.15. The smallest absolute Gasteiger partial charge is 0.261 e. The van der Waals surface area contributed by atoms with Crippen molar-refractivity contribution in [2.24, 2.45) is 7.05 Å².